The molecule has 124 valence electrons. The SMILES string of the molecule is C[C@@H]1CCCCN1c1ncc2c(n1)CN(Cc1cccnc1)C2=O. The molecule has 2 aromatic rings. The molecule has 2 aliphatic heterocycles. The molecule has 4 rings (SSSR count). The molecule has 0 bridgehead atoms. The second-order valence-corrected chi connectivity index (χ2v) is 6.59. The minimum absolute atomic E-state index is 0.00657. The van der Waals surface area contributed by atoms with Gasteiger partial charge in [-0.3, -0.25) is 9.78 Å². The zero-order valence-corrected chi connectivity index (χ0v) is 13.9. The van der Waals surface area contributed by atoms with Crippen molar-refractivity contribution in [1.29, 1.82) is 0 Å². The van der Waals surface area contributed by atoms with Crippen LogP contribution >= 0.6 is 0 Å². The van der Waals surface area contributed by atoms with Gasteiger partial charge in [0.1, 0.15) is 0 Å². The summed E-state index contributed by atoms with van der Waals surface area (Å²) in [6.07, 6.45) is 8.85. The maximum Gasteiger partial charge on any atom is 0.258 e. The number of hydrogen-bond donors (Lipinski definition) is 0. The average molecular weight is 323 g/mol. The first-order chi connectivity index (χ1) is 11.7. The van der Waals surface area contributed by atoms with Crippen molar-refractivity contribution in [2.24, 2.45) is 0 Å². The van der Waals surface area contributed by atoms with Crippen LogP contribution in [0.4, 0.5) is 5.95 Å². The molecule has 4 heterocycles. The molecule has 0 aromatic carbocycles. The van der Waals surface area contributed by atoms with Crippen molar-refractivity contribution in [2.75, 3.05) is 11.4 Å². The predicted molar refractivity (Wildman–Crippen MR) is 90.5 cm³/mol. The highest BCUT2D eigenvalue weighted by atomic mass is 16.2. The Hall–Kier alpha value is -2.50. The van der Waals surface area contributed by atoms with Gasteiger partial charge in [0.2, 0.25) is 5.95 Å². The Balaban J connectivity index is 1.55. The number of anilines is 1. The van der Waals surface area contributed by atoms with E-state index in [0.29, 0.717) is 24.7 Å². The lowest BCUT2D eigenvalue weighted by Gasteiger charge is -2.33. The summed E-state index contributed by atoms with van der Waals surface area (Å²) in [6, 6.07) is 4.33. The fraction of sp³-hybridized carbons (Fsp3) is 0.444. The van der Waals surface area contributed by atoms with Crippen LogP contribution in [0.2, 0.25) is 0 Å². The molecule has 0 spiro atoms. The monoisotopic (exact) mass is 323 g/mol. The van der Waals surface area contributed by atoms with Crippen LogP contribution in [0.15, 0.2) is 30.7 Å². The number of hydrogen-bond acceptors (Lipinski definition) is 5. The van der Waals surface area contributed by atoms with E-state index in [1.807, 2.05) is 12.1 Å². The molecule has 0 N–H and O–H groups in total. The summed E-state index contributed by atoms with van der Waals surface area (Å²) in [7, 11) is 0. The summed E-state index contributed by atoms with van der Waals surface area (Å²) in [5.41, 5.74) is 2.50. The van der Waals surface area contributed by atoms with Crippen molar-refractivity contribution >= 4 is 11.9 Å². The molecule has 1 amide bonds. The third-order valence-electron chi connectivity index (χ3n) is 4.87. The molecule has 6 heteroatoms. The quantitative estimate of drug-likeness (QED) is 0.868. The topological polar surface area (TPSA) is 62.2 Å². The fourth-order valence-corrected chi connectivity index (χ4v) is 3.50. The van der Waals surface area contributed by atoms with Gasteiger partial charge in [0.05, 0.1) is 17.8 Å². The van der Waals surface area contributed by atoms with Crippen molar-refractivity contribution in [2.45, 2.75) is 45.3 Å². The van der Waals surface area contributed by atoms with Crippen LogP contribution in [0.25, 0.3) is 0 Å². The van der Waals surface area contributed by atoms with E-state index in [4.69, 9.17) is 4.98 Å². The molecule has 24 heavy (non-hydrogen) atoms. The van der Waals surface area contributed by atoms with Crippen molar-refractivity contribution in [1.82, 2.24) is 19.9 Å². The van der Waals surface area contributed by atoms with Gasteiger partial charge < -0.3 is 9.80 Å². The number of fused-ring (bicyclic) bond motifs is 1. The highest BCUT2D eigenvalue weighted by Crippen LogP contribution is 2.26. The Kier molecular flexibility index (Phi) is 3.88. The van der Waals surface area contributed by atoms with Crippen LogP contribution in [0, 0.1) is 0 Å². The Morgan fingerprint density at radius 2 is 2.21 bits per heavy atom. The summed E-state index contributed by atoms with van der Waals surface area (Å²) in [5.74, 6) is 0.768. The molecule has 2 aromatic heterocycles. The predicted octanol–water partition coefficient (Wildman–Crippen LogP) is 2.41. The fourth-order valence-electron chi connectivity index (χ4n) is 3.50. The van der Waals surface area contributed by atoms with Crippen LogP contribution < -0.4 is 4.90 Å². The van der Waals surface area contributed by atoms with Gasteiger partial charge in [-0.25, -0.2) is 9.97 Å². The number of aromatic nitrogens is 3. The third kappa shape index (κ3) is 2.72. The Bertz CT molecular complexity index is 748. The van der Waals surface area contributed by atoms with E-state index in [0.717, 1.165) is 23.8 Å². The molecule has 1 saturated heterocycles. The molecule has 0 saturated carbocycles. The highest BCUT2D eigenvalue weighted by molar-refractivity contribution is 5.97. The minimum atomic E-state index is 0.00657. The normalized spacial score (nSPS) is 20.4. The third-order valence-corrected chi connectivity index (χ3v) is 4.87. The molecule has 0 radical (unpaired) electrons. The van der Waals surface area contributed by atoms with Crippen molar-refractivity contribution in [3.05, 3.63) is 47.5 Å². The van der Waals surface area contributed by atoms with Crippen molar-refractivity contribution in [3.63, 3.8) is 0 Å². The average Bonchev–Trinajstić information content (AvgIpc) is 2.91. The Morgan fingerprint density at radius 1 is 1.29 bits per heavy atom. The van der Waals surface area contributed by atoms with E-state index < -0.39 is 0 Å². The lowest BCUT2D eigenvalue weighted by atomic mass is 10.0. The molecule has 2 aliphatic rings. The maximum atomic E-state index is 12.6. The second kappa shape index (κ2) is 6.19. The molecular weight excluding hydrogens is 302 g/mol. The van der Waals surface area contributed by atoms with Gasteiger partial charge in [0, 0.05) is 37.7 Å². The zero-order valence-electron chi connectivity index (χ0n) is 13.9. The number of carbonyl (C=O) groups excluding carboxylic acids is 1. The van der Waals surface area contributed by atoms with Gasteiger partial charge >= 0.3 is 0 Å². The number of piperidine rings is 1. The van der Waals surface area contributed by atoms with E-state index >= 15 is 0 Å². The first-order valence-electron chi connectivity index (χ1n) is 8.53. The van der Waals surface area contributed by atoms with Crippen molar-refractivity contribution in [3.8, 4) is 0 Å². The number of carbonyl (C=O) groups is 1. The van der Waals surface area contributed by atoms with Gasteiger partial charge in [-0.2, -0.15) is 0 Å². The lowest BCUT2D eigenvalue weighted by Crippen LogP contribution is -2.38. The van der Waals surface area contributed by atoms with Crippen molar-refractivity contribution < 1.29 is 4.79 Å². The summed E-state index contributed by atoms with van der Waals surface area (Å²) < 4.78 is 0. The van der Waals surface area contributed by atoms with Crippen LogP contribution in [0.1, 0.15) is 47.8 Å². The first kappa shape index (κ1) is 15.1. The summed E-state index contributed by atoms with van der Waals surface area (Å²) in [4.78, 5) is 29.9. The molecule has 6 nitrogen and oxygen atoms in total. The minimum Gasteiger partial charge on any atom is -0.338 e. The molecule has 0 aliphatic carbocycles. The Morgan fingerprint density at radius 3 is 3.00 bits per heavy atom. The summed E-state index contributed by atoms with van der Waals surface area (Å²) in [5, 5.41) is 0. The summed E-state index contributed by atoms with van der Waals surface area (Å²) in [6.45, 7) is 4.31. The lowest BCUT2D eigenvalue weighted by molar-refractivity contribution is 0.0766. The highest BCUT2D eigenvalue weighted by Gasteiger charge is 2.31. The van der Waals surface area contributed by atoms with E-state index in [-0.39, 0.29) is 5.91 Å². The van der Waals surface area contributed by atoms with Crippen LogP contribution in [-0.2, 0) is 13.1 Å². The number of amides is 1. The maximum absolute atomic E-state index is 12.6. The van der Waals surface area contributed by atoms with Gasteiger partial charge in [0.25, 0.3) is 5.91 Å². The van der Waals surface area contributed by atoms with Gasteiger partial charge in [-0.1, -0.05) is 6.07 Å². The number of nitrogens with zero attached hydrogens (tertiary/aromatic N) is 5. The second-order valence-electron chi connectivity index (χ2n) is 6.59. The van der Waals surface area contributed by atoms with E-state index in [9.17, 15) is 4.79 Å². The largest absolute Gasteiger partial charge is 0.338 e. The van der Waals surface area contributed by atoms with E-state index in [1.54, 1.807) is 23.5 Å². The molecule has 1 atom stereocenters. The summed E-state index contributed by atoms with van der Waals surface area (Å²) >= 11 is 0. The Labute approximate surface area is 141 Å². The first-order valence-corrected chi connectivity index (χ1v) is 8.53. The van der Waals surface area contributed by atoms with Gasteiger partial charge in [-0.05, 0) is 37.8 Å². The smallest absolute Gasteiger partial charge is 0.258 e. The van der Waals surface area contributed by atoms with Gasteiger partial charge in [0.15, 0.2) is 0 Å². The van der Waals surface area contributed by atoms with Gasteiger partial charge in [-0.15, -0.1) is 0 Å². The number of rotatable bonds is 3. The van der Waals surface area contributed by atoms with E-state index in [1.165, 1.54) is 19.3 Å². The van der Waals surface area contributed by atoms with Crippen LogP contribution in [0.3, 0.4) is 0 Å². The van der Waals surface area contributed by atoms with Crippen LogP contribution in [-0.4, -0.2) is 38.3 Å². The zero-order chi connectivity index (χ0) is 16.5. The molecular formula is C18H21N5O. The molecule has 1 fully saturated rings. The standard InChI is InChI=1S/C18H21N5O/c1-13-5-2-3-8-23(13)18-20-10-15-16(21-18)12-22(17(15)24)11-14-6-4-7-19-9-14/h4,6-7,9-10,13H,2-3,5,8,11-12H2,1H3/t13-/m1/s1. The molecule has 0 unspecified atom stereocenters. The van der Waals surface area contributed by atoms with Crippen LogP contribution in [0.5, 0.6) is 0 Å². The van der Waals surface area contributed by atoms with E-state index in [2.05, 4.69) is 21.8 Å². The number of pyridine rings is 1.